The second kappa shape index (κ2) is 19.5. The van der Waals surface area contributed by atoms with Crippen molar-refractivity contribution in [2.45, 2.75) is 90.0 Å². The quantitative estimate of drug-likeness (QED) is 0.229. The van der Waals surface area contributed by atoms with Gasteiger partial charge in [-0.3, -0.25) is 0 Å². The molecule has 1 unspecified atom stereocenters. The van der Waals surface area contributed by atoms with Crippen LogP contribution in [0.5, 0.6) is 0 Å². The van der Waals surface area contributed by atoms with Gasteiger partial charge >= 0.3 is 18.3 Å². The highest BCUT2D eigenvalue weighted by Crippen LogP contribution is 2.38. The Morgan fingerprint density at radius 1 is 0.464 bits per heavy atom. The predicted octanol–water partition coefficient (Wildman–Crippen LogP) is 8.08. The van der Waals surface area contributed by atoms with Crippen LogP contribution in [0.2, 0.25) is 0 Å². The number of hydrogen-bond donors (Lipinski definition) is 0. The highest BCUT2D eigenvalue weighted by molar-refractivity contribution is 5.69. The first-order chi connectivity index (χ1) is 26.3. The fraction of sp³-hybridized carbons (Fsp3) is 0.523. The highest BCUT2D eigenvalue weighted by atomic mass is 16.6. The molecule has 12 heteroatoms. The first kappa shape index (κ1) is 42.5. The van der Waals surface area contributed by atoms with E-state index in [4.69, 9.17) is 28.4 Å². The molecule has 6 heterocycles. The minimum Gasteiger partial charge on any atom is -0.445 e. The van der Waals surface area contributed by atoms with Crippen LogP contribution < -0.4 is 0 Å². The van der Waals surface area contributed by atoms with Crippen molar-refractivity contribution >= 4 is 18.3 Å². The van der Waals surface area contributed by atoms with Crippen molar-refractivity contribution in [1.82, 2.24) is 14.7 Å². The number of carbonyl (C=O) groups excluding carboxylic acids is 3. The SMILES string of the molecule is C.C.O=C(OCc1ccccc1)N1CCC2(CCO2)C1.O=C(OCc1ccccc1)N1CC[C@@]2(CCO2)C1.O=C(OCc1ccccc1)N1CC[C@]2(CCO2)C1.[2HH]. The summed E-state index contributed by atoms with van der Waals surface area (Å²) in [5.74, 6) is 0. The lowest BCUT2D eigenvalue weighted by Gasteiger charge is -2.38. The summed E-state index contributed by atoms with van der Waals surface area (Å²) in [4.78, 5) is 40.9. The van der Waals surface area contributed by atoms with E-state index in [0.29, 0.717) is 39.5 Å². The number of nitrogens with zero attached hydrogens (tertiary/aromatic N) is 3. The fourth-order valence-corrected chi connectivity index (χ4v) is 7.57. The van der Waals surface area contributed by atoms with E-state index in [0.717, 1.165) is 94.7 Å². The Morgan fingerprint density at radius 2 is 0.714 bits per heavy atom. The van der Waals surface area contributed by atoms with Gasteiger partial charge in [0.15, 0.2) is 0 Å². The third-order valence-corrected chi connectivity index (χ3v) is 11.2. The summed E-state index contributed by atoms with van der Waals surface area (Å²) >= 11 is 0. The summed E-state index contributed by atoms with van der Waals surface area (Å²) < 4.78 is 32.6. The topological polar surface area (TPSA) is 116 Å². The van der Waals surface area contributed by atoms with E-state index in [-0.39, 0.29) is 51.4 Å². The van der Waals surface area contributed by atoms with Crippen LogP contribution in [-0.4, -0.2) is 109 Å². The molecule has 306 valence electrons. The summed E-state index contributed by atoms with van der Waals surface area (Å²) in [5, 5.41) is 0. The molecule has 0 bridgehead atoms. The third-order valence-electron chi connectivity index (χ3n) is 11.2. The van der Waals surface area contributed by atoms with Crippen LogP contribution in [0, 0.1) is 0 Å². The normalized spacial score (nSPS) is 25.2. The molecule has 3 amide bonds. The number of amides is 3. The summed E-state index contributed by atoms with van der Waals surface area (Å²) in [7, 11) is 0. The summed E-state index contributed by atoms with van der Waals surface area (Å²) in [6, 6.07) is 29.2. The molecule has 0 saturated carbocycles. The Kier molecular flexibility index (Phi) is 14.8. The van der Waals surface area contributed by atoms with Gasteiger partial charge in [0.2, 0.25) is 0 Å². The van der Waals surface area contributed by atoms with Crippen LogP contribution in [0.1, 0.15) is 71.5 Å². The van der Waals surface area contributed by atoms with Crippen LogP contribution in [0.15, 0.2) is 91.0 Å². The van der Waals surface area contributed by atoms with Crippen LogP contribution in [0.25, 0.3) is 0 Å². The lowest BCUT2D eigenvalue weighted by molar-refractivity contribution is -0.136. The molecule has 0 radical (unpaired) electrons. The van der Waals surface area contributed by atoms with Crippen molar-refractivity contribution in [2.75, 3.05) is 59.1 Å². The molecular weight excluding hydrogens is 714 g/mol. The fourth-order valence-electron chi connectivity index (χ4n) is 7.57. The molecule has 0 aliphatic carbocycles. The van der Waals surface area contributed by atoms with Gasteiger partial charge in [0.25, 0.3) is 0 Å². The molecule has 56 heavy (non-hydrogen) atoms. The first-order valence-corrected chi connectivity index (χ1v) is 19.1. The second-order valence-electron chi connectivity index (χ2n) is 15.0. The van der Waals surface area contributed by atoms with Crippen molar-refractivity contribution in [3.05, 3.63) is 108 Å². The number of hydrogen-bond acceptors (Lipinski definition) is 9. The standard InChI is InChI=1S/3C14H17NO3.2CH4.H2/c3*16-13(17-10-12-4-2-1-3-5-12)15-8-6-14(11-15)7-9-18-14;;;/h3*1-5H,6-11H2;2*1H4;1H/t2*14-;;;;/m10..../s1/i;;;;;1+1. The average Bonchev–Trinajstić information content (AvgIpc) is 3.95. The van der Waals surface area contributed by atoms with Crippen LogP contribution in [-0.2, 0) is 48.2 Å². The number of likely N-dealkylation sites (tertiary alicyclic amines) is 3. The van der Waals surface area contributed by atoms with Gasteiger partial charge in [0.05, 0.1) is 56.3 Å². The van der Waals surface area contributed by atoms with Crippen molar-refractivity contribution in [3.8, 4) is 0 Å². The molecule has 6 saturated heterocycles. The maximum absolute atomic E-state index is 11.9. The predicted molar refractivity (Wildman–Crippen MR) is 214 cm³/mol. The molecular formula is C44H61N3O9. The van der Waals surface area contributed by atoms with Crippen molar-refractivity contribution in [1.29, 1.82) is 0 Å². The van der Waals surface area contributed by atoms with Crippen LogP contribution in [0.3, 0.4) is 0 Å². The highest BCUT2D eigenvalue weighted by Gasteiger charge is 2.48. The summed E-state index contributed by atoms with van der Waals surface area (Å²) in [5.41, 5.74) is 2.89. The van der Waals surface area contributed by atoms with E-state index in [1.165, 1.54) is 0 Å². The Bertz CT molecular complexity index is 1490. The zero-order valence-corrected chi connectivity index (χ0v) is 30.9. The largest absolute Gasteiger partial charge is 0.445 e. The Balaban J connectivity index is 0.000000185. The number of benzene rings is 3. The van der Waals surface area contributed by atoms with E-state index in [1.54, 1.807) is 14.7 Å². The van der Waals surface area contributed by atoms with Gasteiger partial charge in [-0.1, -0.05) is 106 Å². The van der Waals surface area contributed by atoms with Gasteiger partial charge in [-0.15, -0.1) is 0 Å². The number of ether oxygens (including phenoxy) is 6. The van der Waals surface area contributed by atoms with Crippen molar-refractivity contribution in [3.63, 3.8) is 0 Å². The molecule has 6 aliphatic heterocycles. The zero-order valence-electron chi connectivity index (χ0n) is 30.9. The molecule has 3 aromatic carbocycles. The van der Waals surface area contributed by atoms with E-state index in [9.17, 15) is 14.4 Å². The second-order valence-corrected chi connectivity index (χ2v) is 15.0. The van der Waals surface area contributed by atoms with Gasteiger partial charge in [0.1, 0.15) is 19.8 Å². The molecule has 6 aliphatic rings. The molecule has 6 fully saturated rings. The summed E-state index contributed by atoms with van der Waals surface area (Å²) in [6.07, 6.45) is 5.32. The van der Waals surface area contributed by atoms with Crippen LogP contribution in [0.4, 0.5) is 14.4 Å². The maximum atomic E-state index is 11.9. The zero-order chi connectivity index (χ0) is 37.3. The van der Waals surface area contributed by atoms with Gasteiger partial charge in [0, 0.05) is 40.3 Å². The van der Waals surface area contributed by atoms with E-state index < -0.39 is 0 Å². The molecule has 9 rings (SSSR count). The van der Waals surface area contributed by atoms with Gasteiger partial charge in [-0.25, -0.2) is 14.4 Å². The van der Waals surface area contributed by atoms with Crippen LogP contribution >= 0.6 is 0 Å². The molecule has 12 nitrogen and oxygen atoms in total. The van der Waals surface area contributed by atoms with Gasteiger partial charge in [-0.05, 0) is 36.0 Å². The number of carbonyl (C=O) groups is 3. The van der Waals surface area contributed by atoms with E-state index in [1.807, 2.05) is 91.0 Å². The Labute approximate surface area is 333 Å². The molecule has 0 aromatic heterocycles. The van der Waals surface area contributed by atoms with E-state index >= 15 is 0 Å². The average molecular weight is 777 g/mol. The summed E-state index contributed by atoms with van der Waals surface area (Å²) in [6.45, 7) is 7.77. The van der Waals surface area contributed by atoms with E-state index in [2.05, 4.69) is 0 Å². The maximum Gasteiger partial charge on any atom is 0.410 e. The van der Waals surface area contributed by atoms with Crippen molar-refractivity contribution in [2.24, 2.45) is 0 Å². The lowest BCUT2D eigenvalue weighted by Crippen LogP contribution is -2.46. The number of rotatable bonds is 6. The molecule has 0 N–H and O–H groups in total. The lowest BCUT2D eigenvalue weighted by atomic mass is 9.94. The van der Waals surface area contributed by atoms with Gasteiger partial charge < -0.3 is 43.1 Å². The third kappa shape index (κ3) is 10.8. The Morgan fingerprint density at radius 3 is 0.911 bits per heavy atom. The van der Waals surface area contributed by atoms with Gasteiger partial charge in [-0.2, -0.15) is 0 Å². The Hall–Kier alpha value is -4.65. The molecule has 3 aromatic rings. The molecule has 3 atom stereocenters. The minimum absolute atomic E-state index is 0. The molecule has 3 spiro atoms. The monoisotopic (exact) mass is 776 g/mol. The smallest absolute Gasteiger partial charge is 0.410 e. The minimum atomic E-state index is -0.230. The van der Waals surface area contributed by atoms with Crippen molar-refractivity contribution < 1.29 is 44.2 Å². The first-order valence-electron chi connectivity index (χ1n) is 19.1.